The number of hydrogen-bond acceptors (Lipinski definition) is 5. The maximum absolute atomic E-state index is 14.1. The number of nitrogens with zero attached hydrogens (tertiary/aromatic N) is 1. The molecule has 2 bridgehead atoms. The van der Waals surface area contributed by atoms with Crippen molar-refractivity contribution in [3.63, 3.8) is 0 Å². The third kappa shape index (κ3) is 5.29. The van der Waals surface area contributed by atoms with Gasteiger partial charge in [-0.2, -0.15) is 0 Å². The van der Waals surface area contributed by atoms with Crippen LogP contribution in [0.25, 0.3) is 0 Å². The molecule has 0 aromatic heterocycles. The second-order valence-electron chi connectivity index (χ2n) is 13.2. The first-order valence-electron chi connectivity index (χ1n) is 13.5. The standard InChI is InChI=1S/C29H43N3O4S/c1-26(2,3)18-27(4,5)31-24(35)22-29-15-14-28(6,37-29)20(23(34)30-19-12-8-7-9-13-19)21(29)25(36)32(22)16-10-11-17-33/h7-9,12-13,20-22,33H,10-11,14-18H2,1-6H3,(H,30,34)(H,31,35)/t20-,21+,22?,28+,29?/m1/s1. The van der Waals surface area contributed by atoms with E-state index in [0.717, 1.165) is 19.3 Å². The van der Waals surface area contributed by atoms with E-state index in [1.54, 1.807) is 16.7 Å². The number of aliphatic hydroxyl groups excluding tert-OH is 1. The lowest BCUT2D eigenvalue weighted by Crippen LogP contribution is -2.58. The lowest BCUT2D eigenvalue weighted by Gasteiger charge is -2.38. The molecule has 3 amide bonds. The Balaban J connectivity index is 1.67. The number of rotatable bonds is 9. The Bertz CT molecular complexity index is 1040. The van der Waals surface area contributed by atoms with Crippen LogP contribution >= 0.6 is 11.8 Å². The van der Waals surface area contributed by atoms with E-state index in [2.05, 4.69) is 38.3 Å². The molecule has 3 heterocycles. The Morgan fingerprint density at radius 2 is 1.76 bits per heavy atom. The highest BCUT2D eigenvalue weighted by atomic mass is 32.2. The highest BCUT2D eigenvalue weighted by molar-refractivity contribution is 8.02. The molecule has 3 aliphatic heterocycles. The van der Waals surface area contributed by atoms with Crippen LogP contribution < -0.4 is 10.6 Å². The first-order valence-corrected chi connectivity index (χ1v) is 14.3. The monoisotopic (exact) mass is 529 g/mol. The number of para-hydroxylation sites is 1. The number of likely N-dealkylation sites (tertiary alicyclic amines) is 1. The molecule has 4 rings (SSSR count). The van der Waals surface area contributed by atoms with Gasteiger partial charge in [-0.3, -0.25) is 14.4 Å². The topological polar surface area (TPSA) is 98.7 Å². The van der Waals surface area contributed by atoms with Gasteiger partial charge >= 0.3 is 0 Å². The molecule has 3 saturated heterocycles. The summed E-state index contributed by atoms with van der Waals surface area (Å²) in [5.41, 5.74) is 0.291. The molecule has 0 saturated carbocycles. The lowest BCUT2D eigenvalue weighted by molar-refractivity contribution is -0.140. The Morgan fingerprint density at radius 1 is 1.08 bits per heavy atom. The number of amides is 3. The summed E-state index contributed by atoms with van der Waals surface area (Å²) in [6.45, 7) is 13.1. The average molecular weight is 530 g/mol. The van der Waals surface area contributed by atoms with E-state index in [0.29, 0.717) is 25.1 Å². The summed E-state index contributed by atoms with van der Waals surface area (Å²) in [5.74, 6) is -1.44. The molecular formula is C29H43N3O4S. The van der Waals surface area contributed by atoms with Gasteiger partial charge in [-0.15, -0.1) is 11.8 Å². The van der Waals surface area contributed by atoms with Crippen LogP contribution in [0.3, 0.4) is 0 Å². The predicted octanol–water partition coefficient (Wildman–Crippen LogP) is 4.21. The third-order valence-electron chi connectivity index (χ3n) is 8.09. The summed E-state index contributed by atoms with van der Waals surface area (Å²) in [5, 5.41) is 15.7. The van der Waals surface area contributed by atoms with Gasteiger partial charge < -0.3 is 20.6 Å². The van der Waals surface area contributed by atoms with E-state index in [1.165, 1.54) is 0 Å². The van der Waals surface area contributed by atoms with Crippen molar-refractivity contribution < 1.29 is 19.5 Å². The number of carbonyl (C=O) groups excluding carboxylic acids is 3. The van der Waals surface area contributed by atoms with Crippen LogP contribution in [-0.4, -0.2) is 62.0 Å². The number of thioether (sulfide) groups is 1. The molecule has 7 nitrogen and oxygen atoms in total. The van der Waals surface area contributed by atoms with Crippen LogP contribution in [0.15, 0.2) is 30.3 Å². The number of aliphatic hydroxyl groups is 1. The molecule has 0 radical (unpaired) electrons. The van der Waals surface area contributed by atoms with Crippen molar-refractivity contribution in [3.8, 4) is 0 Å². The van der Waals surface area contributed by atoms with Crippen molar-refractivity contribution >= 4 is 35.2 Å². The van der Waals surface area contributed by atoms with E-state index < -0.39 is 32.9 Å². The smallest absolute Gasteiger partial charge is 0.244 e. The minimum absolute atomic E-state index is 0.0264. The fourth-order valence-corrected chi connectivity index (χ4v) is 9.63. The zero-order valence-electron chi connectivity index (χ0n) is 23.1. The molecule has 3 N–H and O–H groups in total. The van der Waals surface area contributed by atoms with Crippen molar-refractivity contribution in [3.05, 3.63) is 30.3 Å². The Kier molecular flexibility index (Phi) is 7.49. The maximum Gasteiger partial charge on any atom is 0.244 e. The first-order chi connectivity index (χ1) is 17.2. The lowest BCUT2D eigenvalue weighted by atomic mass is 9.66. The molecule has 37 heavy (non-hydrogen) atoms. The third-order valence-corrected chi connectivity index (χ3v) is 10.1. The van der Waals surface area contributed by atoms with E-state index in [9.17, 15) is 19.5 Å². The second-order valence-corrected chi connectivity index (χ2v) is 15.1. The van der Waals surface area contributed by atoms with E-state index in [4.69, 9.17) is 0 Å². The largest absolute Gasteiger partial charge is 0.396 e. The van der Waals surface area contributed by atoms with Crippen LogP contribution in [0.4, 0.5) is 5.69 Å². The number of hydrogen-bond donors (Lipinski definition) is 3. The van der Waals surface area contributed by atoms with Gasteiger partial charge in [0.1, 0.15) is 6.04 Å². The van der Waals surface area contributed by atoms with Crippen LogP contribution in [0, 0.1) is 17.3 Å². The van der Waals surface area contributed by atoms with Gasteiger partial charge in [0.15, 0.2) is 0 Å². The number of unbranched alkanes of at least 4 members (excludes halogenated alkanes) is 1. The Hall–Kier alpha value is -2.06. The summed E-state index contributed by atoms with van der Waals surface area (Å²) in [7, 11) is 0. The minimum atomic E-state index is -0.635. The minimum Gasteiger partial charge on any atom is -0.396 e. The molecule has 3 fully saturated rings. The van der Waals surface area contributed by atoms with Gasteiger partial charge in [-0.05, 0) is 70.4 Å². The number of fused-ring (bicyclic) bond motifs is 1. The van der Waals surface area contributed by atoms with Crippen LogP contribution in [0.2, 0.25) is 0 Å². The van der Waals surface area contributed by atoms with Crippen LogP contribution in [0.1, 0.15) is 73.6 Å². The molecule has 1 aromatic rings. The second kappa shape index (κ2) is 9.92. The molecule has 1 aromatic carbocycles. The fraction of sp³-hybridized carbons (Fsp3) is 0.690. The predicted molar refractivity (Wildman–Crippen MR) is 148 cm³/mol. The van der Waals surface area contributed by atoms with Gasteiger partial charge in [0.25, 0.3) is 0 Å². The molecule has 8 heteroatoms. The van der Waals surface area contributed by atoms with Crippen molar-refractivity contribution in [2.75, 3.05) is 18.5 Å². The maximum atomic E-state index is 14.1. The molecular weight excluding hydrogens is 486 g/mol. The van der Waals surface area contributed by atoms with Crippen molar-refractivity contribution in [1.29, 1.82) is 0 Å². The average Bonchev–Trinajstić information content (AvgIpc) is 3.33. The van der Waals surface area contributed by atoms with Crippen molar-refractivity contribution in [1.82, 2.24) is 10.2 Å². The summed E-state index contributed by atoms with van der Waals surface area (Å²) in [6, 6.07) is 8.71. The van der Waals surface area contributed by atoms with Crippen molar-refractivity contribution in [2.45, 2.75) is 94.7 Å². The quantitative estimate of drug-likeness (QED) is 0.416. The zero-order chi connectivity index (χ0) is 27.2. The van der Waals surface area contributed by atoms with Gasteiger partial charge in [-0.25, -0.2) is 0 Å². The Labute approximate surface area is 225 Å². The van der Waals surface area contributed by atoms with Gasteiger partial charge in [0.05, 0.1) is 16.6 Å². The molecule has 3 aliphatic rings. The highest BCUT2D eigenvalue weighted by Gasteiger charge is 2.77. The number of nitrogens with one attached hydrogen (secondary N) is 2. The number of carbonyl (C=O) groups is 3. The fourth-order valence-electron chi connectivity index (χ4n) is 7.28. The van der Waals surface area contributed by atoms with E-state index in [1.807, 2.05) is 44.2 Å². The molecule has 204 valence electrons. The van der Waals surface area contributed by atoms with Gasteiger partial charge in [0, 0.05) is 29.1 Å². The van der Waals surface area contributed by atoms with Gasteiger partial charge in [0.2, 0.25) is 17.7 Å². The summed E-state index contributed by atoms with van der Waals surface area (Å²) in [6.07, 6.45) is 3.49. The molecule has 0 aliphatic carbocycles. The van der Waals surface area contributed by atoms with Crippen LogP contribution in [-0.2, 0) is 14.4 Å². The van der Waals surface area contributed by atoms with Crippen LogP contribution in [0.5, 0.6) is 0 Å². The molecule has 2 unspecified atom stereocenters. The Morgan fingerprint density at radius 3 is 2.38 bits per heavy atom. The highest BCUT2D eigenvalue weighted by Crippen LogP contribution is 2.71. The summed E-state index contributed by atoms with van der Waals surface area (Å²) in [4.78, 5) is 43.6. The van der Waals surface area contributed by atoms with Crippen molar-refractivity contribution in [2.24, 2.45) is 17.3 Å². The SMILES string of the molecule is CC(C)(C)CC(C)(C)NC(=O)C1N(CCCCO)C(=O)[C@@H]2[C@H](C(=O)Nc3ccccc3)[C@]3(C)CCC12S3. The normalized spacial score (nSPS) is 30.9. The van der Waals surface area contributed by atoms with E-state index >= 15 is 0 Å². The zero-order valence-corrected chi connectivity index (χ0v) is 23.9. The summed E-state index contributed by atoms with van der Waals surface area (Å²) < 4.78 is -1.04. The van der Waals surface area contributed by atoms with Gasteiger partial charge in [-0.1, -0.05) is 39.0 Å². The molecule has 5 atom stereocenters. The number of anilines is 1. The van der Waals surface area contributed by atoms with E-state index in [-0.39, 0.29) is 29.7 Å². The molecule has 1 spiro atoms. The summed E-state index contributed by atoms with van der Waals surface area (Å²) >= 11 is 1.69. The first kappa shape index (κ1) is 28.0. The number of benzene rings is 1.